The average Bonchev–Trinajstić information content (AvgIpc) is 2.88. The average molecular weight is 530 g/mol. The number of amides is 4. The van der Waals surface area contributed by atoms with E-state index in [1.165, 1.54) is 9.80 Å². The monoisotopic (exact) mass is 529 g/mol. The van der Waals surface area contributed by atoms with Gasteiger partial charge in [-0.15, -0.1) is 0 Å². The molecule has 208 valence electrons. The summed E-state index contributed by atoms with van der Waals surface area (Å²) in [7, 11) is 0. The lowest BCUT2D eigenvalue weighted by Gasteiger charge is -2.46. The third-order valence-corrected chi connectivity index (χ3v) is 7.27. The van der Waals surface area contributed by atoms with Gasteiger partial charge in [-0.25, -0.2) is 19.3 Å². The number of imide groups is 1. The summed E-state index contributed by atoms with van der Waals surface area (Å²) < 4.78 is 5.43. The predicted molar refractivity (Wildman–Crippen MR) is 140 cm³/mol. The molecule has 2 aliphatic heterocycles. The second-order valence-corrected chi connectivity index (χ2v) is 10.2. The summed E-state index contributed by atoms with van der Waals surface area (Å²) >= 11 is 0. The minimum absolute atomic E-state index is 0.182. The van der Waals surface area contributed by atoms with Crippen molar-refractivity contribution in [2.45, 2.75) is 52.3 Å². The zero-order valence-corrected chi connectivity index (χ0v) is 22.4. The lowest BCUT2D eigenvalue weighted by Crippen LogP contribution is -2.69. The second kappa shape index (κ2) is 12.7. The highest BCUT2D eigenvalue weighted by Gasteiger charge is 2.55. The van der Waals surface area contributed by atoms with Gasteiger partial charge < -0.3 is 30.3 Å². The van der Waals surface area contributed by atoms with Crippen LogP contribution in [0.25, 0.3) is 0 Å². The first kappa shape index (κ1) is 28.8. The molecule has 0 aromatic heterocycles. The molecule has 2 fully saturated rings. The summed E-state index contributed by atoms with van der Waals surface area (Å²) in [4.78, 5) is 56.0. The number of aliphatic carboxylic acids is 1. The smallest absolute Gasteiger partial charge is 0.410 e. The largest absolute Gasteiger partial charge is 0.480 e. The van der Waals surface area contributed by atoms with Crippen LogP contribution in [-0.2, 0) is 20.9 Å². The molecule has 0 aliphatic carbocycles. The molecule has 0 spiro atoms. The molecule has 3 rings (SSSR count). The van der Waals surface area contributed by atoms with Gasteiger partial charge in [-0.3, -0.25) is 4.79 Å². The van der Waals surface area contributed by atoms with E-state index in [1.807, 2.05) is 56.0 Å². The van der Waals surface area contributed by atoms with Crippen LogP contribution in [0.5, 0.6) is 0 Å². The second-order valence-electron chi connectivity index (χ2n) is 10.2. The molecule has 2 heterocycles. The van der Waals surface area contributed by atoms with Crippen molar-refractivity contribution in [3.63, 3.8) is 0 Å². The summed E-state index contributed by atoms with van der Waals surface area (Å²) in [6, 6.07) is 7.89. The number of likely N-dealkylation sites (tertiary alicyclic amines) is 1. The van der Waals surface area contributed by atoms with Crippen LogP contribution in [0.2, 0.25) is 0 Å². The highest BCUT2D eigenvalue weighted by molar-refractivity contribution is 6.07. The van der Waals surface area contributed by atoms with E-state index in [0.29, 0.717) is 31.8 Å². The number of piperazine rings is 1. The van der Waals surface area contributed by atoms with Gasteiger partial charge >= 0.3 is 18.1 Å². The third-order valence-electron chi connectivity index (χ3n) is 7.27. The summed E-state index contributed by atoms with van der Waals surface area (Å²) in [6.45, 7) is 11.5. The Bertz CT molecular complexity index is 1020. The molecule has 4 amide bonds. The summed E-state index contributed by atoms with van der Waals surface area (Å²) in [5, 5.41) is 9.80. The number of ether oxygens (including phenoxy) is 1. The van der Waals surface area contributed by atoms with Crippen LogP contribution in [0.3, 0.4) is 0 Å². The molecule has 2 aliphatic rings. The Labute approximate surface area is 223 Å². The molecule has 38 heavy (non-hydrogen) atoms. The van der Waals surface area contributed by atoms with E-state index >= 15 is 0 Å². The molecular formula is C27H39N5O6. The first-order valence-electron chi connectivity index (χ1n) is 13.0. The first-order chi connectivity index (χ1) is 18.0. The van der Waals surface area contributed by atoms with E-state index < -0.39 is 36.0 Å². The normalized spacial score (nSPS) is 20.1. The van der Waals surface area contributed by atoms with Gasteiger partial charge in [0.25, 0.3) is 0 Å². The Morgan fingerprint density at radius 1 is 1.11 bits per heavy atom. The highest BCUT2D eigenvalue weighted by atomic mass is 16.6. The Morgan fingerprint density at radius 3 is 2.26 bits per heavy atom. The fraction of sp³-hybridized carbons (Fsp3) is 0.556. The van der Waals surface area contributed by atoms with Crippen molar-refractivity contribution < 1.29 is 29.0 Å². The van der Waals surface area contributed by atoms with Crippen molar-refractivity contribution in [2.24, 2.45) is 17.6 Å². The Kier molecular flexibility index (Phi) is 9.60. The zero-order valence-electron chi connectivity index (χ0n) is 22.4. The lowest BCUT2D eigenvalue weighted by molar-refractivity contribution is -0.167. The number of rotatable bonds is 10. The molecule has 2 saturated heterocycles. The fourth-order valence-electron chi connectivity index (χ4n) is 4.56. The van der Waals surface area contributed by atoms with Crippen LogP contribution in [0.1, 0.15) is 39.2 Å². The van der Waals surface area contributed by atoms with E-state index in [4.69, 9.17) is 10.5 Å². The summed E-state index contributed by atoms with van der Waals surface area (Å²) in [5.41, 5.74) is 7.00. The maximum Gasteiger partial charge on any atom is 0.410 e. The number of hydrogen-bond donors (Lipinski definition) is 2. The van der Waals surface area contributed by atoms with Gasteiger partial charge in [0.1, 0.15) is 6.10 Å². The topological polar surface area (TPSA) is 137 Å². The van der Waals surface area contributed by atoms with Crippen molar-refractivity contribution >= 4 is 24.0 Å². The third kappa shape index (κ3) is 6.76. The van der Waals surface area contributed by atoms with E-state index in [9.17, 15) is 24.3 Å². The molecule has 0 radical (unpaired) electrons. The van der Waals surface area contributed by atoms with Crippen LogP contribution < -0.4 is 5.73 Å². The van der Waals surface area contributed by atoms with Crippen LogP contribution in [0.15, 0.2) is 42.7 Å². The van der Waals surface area contributed by atoms with E-state index in [-0.39, 0.29) is 38.2 Å². The SMILES string of the molecule is C=C(N)N(CCCC1C(=O)N(C(=O)N2CCN(C(=O)OC(C)C(C)C)CC2)C1C(=O)O)Cc1ccccc1. The minimum Gasteiger partial charge on any atom is -0.480 e. The molecule has 11 heteroatoms. The number of benzene rings is 1. The number of carbonyl (C=O) groups is 4. The number of carboxylic acids is 1. The maximum absolute atomic E-state index is 13.1. The molecule has 11 nitrogen and oxygen atoms in total. The quantitative estimate of drug-likeness (QED) is 0.441. The number of urea groups is 1. The number of β-lactam (4-membered cyclic amide) rings is 1. The van der Waals surface area contributed by atoms with E-state index in [0.717, 1.165) is 10.5 Å². The van der Waals surface area contributed by atoms with Crippen molar-refractivity contribution in [1.82, 2.24) is 19.6 Å². The molecule has 3 N–H and O–H groups in total. The van der Waals surface area contributed by atoms with Crippen LogP contribution in [-0.4, -0.2) is 93.6 Å². The van der Waals surface area contributed by atoms with Gasteiger partial charge in [0.05, 0.1) is 11.7 Å². The number of carbonyl (C=O) groups excluding carboxylic acids is 3. The van der Waals surface area contributed by atoms with Crippen LogP contribution in [0, 0.1) is 11.8 Å². The van der Waals surface area contributed by atoms with Gasteiger partial charge in [-0.05, 0) is 31.2 Å². The van der Waals surface area contributed by atoms with Gasteiger partial charge in [-0.1, -0.05) is 50.8 Å². The highest BCUT2D eigenvalue weighted by Crippen LogP contribution is 2.32. The number of carboxylic acid groups (broad SMARTS) is 1. The molecule has 3 atom stereocenters. The summed E-state index contributed by atoms with van der Waals surface area (Å²) in [5.74, 6) is -1.91. The van der Waals surface area contributed by atoms with Crippen molar-refractivity contribution in [3.05, 3.63) is 48.3 Å². The standard InChI is InChI=1S/C27H39N5O6/c1-18(2)19(3)38-27(37)30-15-13-29(14-16-30)26(36)32-23(25(34)35)22(24(32)33)11-8-12-31(20(4)28)17-21-9-6-5-7-10-21/h5-7,9-10,18-19,22-23H,4,8,11-17,28H2,1-3H3,(H,34,35). The zero-order chi connectivity index (χ0) is 28.0. The fourth-order valence-corrected chi connectivity index (χ4v) is 4.56. The minimum atomic E-state index is -1.21. The van der Waals surface area contributed by atoms with Crippen LogP contribution >= 0.6 is 0 Å². The summed E-state index contributed by atoms with van der Waals surface area (Å²) in [6.07, 6.45) is 0.151. The van der Waals surface area contributed by atoms with Crippen molar-refractivity contribution in [3.8, 4) is 0 Å². The van der Waals surface area contributed by atoms with Crippen LogP contribution in [0.4, 0.5) is 9.59 Å². The first-order valence-corrected chi connectivity index (χ1v) is 13.0. The Hall–Kier alpha value is -3.76. The van der Waals surface area contributed by atoms with E-state index in [2.05, 4.69) is 6.58 Å². The molecule has 3 unspecified atom stereocenters. The van der Waals surface area contributed by atoms with Gasteiger partial charge in [0.15, 0.2) is 6.04 Å². The maximum atomic E-state index is 13.1. The predicted octanol–water partition coefficient (Wildman–Crippen LogP) is 2.53. The van der Waals surface area contributed by atoms with E-state index in [1.54, 1.807) is 0 Å². The Balaban J connectivity index is 1.52. The lowest BCUT2D eigenvalue weighted by atomic mass is 9.83. The van der Waals surface area contributed by atoms with Gasteiger partial charge in [0.2, 0.25) is 5.91 Å². The molecule has 1 aromatic carbocycles. The molecule has 0 saturated carbocycles. The van der Waals surface area contributed by atoms with Gasteiger partial charge in [-0.2, -0.15) is 0 Å². The Morgan fingerprint density at radius 2 is 1.71 bits per heavy atom. The van der Waals surface area contributed by atoms with Gasteiger partial charge in [0, 0.05) is 39.3 Å². The number of hydrogen-bond acceptors (Lipinski definition) is 7. The van der Waals surface area contributed by atoms with Crippen molar-refractivity contribution in [1.29, 1.82) is 0 Å². The molecule has 1 aromatic rings. The number of nitrogens with two attached hydrogens (primary N) is 1. The number of nitrogens with zero attached hydrogens (tertiary/aromatic N) is 4. The molecule has 0 bridgehead atoms. The molecular weight excluding hydrogens is 490 g/mol. The van der Waals surface area contributed by atoms with Crippen molar-refractivity contribution in [2.75, 3.05) is 32.7 Å².